The highest BCUT2D eigenvalue weighted by Gasteiger charge is 2.60. The fourth-order valence-electron chi connectivity index (χ4n) is 8.09. The van der Waals surface area contributed by atoms with Gasteiger partial charge in [-0.05, 0) is 85.8 Å². The molecule has 3 fully saturated rings. The van der Waals surface area contributed by atoms with Crippen LogP contribution in [0.2, 0.25) is 0 Å². The number of fused-ring (bicyclic) bond motifs is 5. The van der Waals surface area contributed by atoms with Crippen molar-refractivity contribution in [3.8, 4) is 0 Å². The lowest BCUT2D eigenvalue weighted by Gasteiger charge is -2.60. The summed E-state index contributed by atoms with van der Waals surface area (Å²) in [5.41, 5.74) is 1.17. The van der Waals surface area contributed by atoms with Crippen LogP contribution in [0.25, 0.3) is 0 Å². The predicted molar refractivity (Wildman–Crippen MR) is 122 cm³/mol. The number of nitrogens with one attached hydrogen (secondary N) is 1. The second kappa shape index (κ2) is 7.50. The van der Waals surface area contributed by atoms with E-state index in [-0.39, 0.29) is 17.2 Å². The average molecular weight is 421 g/mol. The van der Waals surface area contributed by atoms with Gasteiger partial charge in [-0.3, -0.25) is 9.59 Å². The van der Waals surface area contributed by atoms with Gasteiger partial charge in [0, 0.05) is 30.6 Å². The van der Waals surface area contributed by atoms with E-state index in [1.165, 1.54) is 32.1 Å². The van der Waals surface area contributed by atoms with Crippen molar-refractivity contribution in [3.05, 3.63) is 48.0 Å². The predicted octanol–water partition coefficient (Wildman–Crippen LogP) is 4.67. The molecule has 3 saturated carbocycles. The van der Waals surface area contributed by atoms with Gasteiger partial charge < -0.3 is 10.2 Å². The molecule has 4 heteroatoms. The minimum Gasteiger partial charge on any atom is -0.352 e. The molecular formula is C27H36N2O2. The summed E-state index contributed by atoms with van der Waals surface area (Å²) < 4.78 is 0. The lowest BCUT2D eigenvalue weighted by atomic mass is 9.47. The molecule has 0 aromatic heterocycles. The Kier molecular flexibility index (Phi) is 5.02. The standard InChI is InChI=1S/C27H36N2O2/c1-26-15-13-22-20(10-12-23-27(22,2)16-14-24(30)29(23)3)21(26)11-9-19(26)17-28-25(31)18-7-5-4-6-8-18/h4-8,14,16,19-23H,9-13,15,17H2,1-3H3,(H,28,31)/t19?,20-,21-,22+,23?,26+,27+/m0/s1. The van der Waals surface area contributed by atoms with Crippen LogP contribution in [0.15, 0.2) is 42.5 Å². The number of carbonyl (C=O) groups is 2. The van der Waals surface area contributed by atoms with E-state index >= 15 is 0 Å². The number of hydrogen-bond acceptors (Lipinski definition) is 2. The molecule has 1 aliphatic heterocycles. The van der Waals surface area contributed by atoms with Gasteiger partial charge in [0.1, 0.15) is 0 Å². The molecule has 0 radical (unpaired) electrons. The van der Waals surface area contributed by atoms with Gasteiger partial charge in [-0.1, -0.05) is 38.1 Å². The van der Waals surface area contributed by atoms with Crippen molar-refractivity contribution in [2.45, 2.75) is 58.4 Å². The number of nitrogens with zero attached hydrogens (tertiary/aromatic N) is 1. The number of carbonyl (C=O) groups excluding carboxylic acids is 2. The van der Waals surface area contributed by atoms with Gasteiger partial charge in [0.15, 0.2) is 0 Å². The van der Waals surface area contributed by atoms with Crippen LogP contribution >= 0.6 is 0 Å². The first-order valence-corrected chi connectivity index (χ1v) is 12.1. The van der Waals surface area contributed by atoms with Gasteiger partial charge in [0.05, 0.1) is 0 Å². The largest absolute Gasteiger partial charge is 0.352 e. The van der Waals surface area contributed by atoms with Crippen LogP contribution in [0, 0.1) is 34.5 Å². The van der Waals surface area contributed by atoms with E-state index < -0.39 is 0 Å². The Morgan fingerprint density at radius 2 is 1.84 bits per heavy atom. The van der Waals surface area contributed by atoms with Crippen molar-refractivity contribution in [1.29, 1.82) is 0 Å². The van der Waals surface area contributed by atoms with E-state index in [1.54, 1.807) is 0 Å². The molecule has 4 nitrogen and oxygen atoms in total. The van der Waals surface area contributed by atoms with E-state index in [0.29, 0.717) is 23.3 Å². The summed E-state index contributed by atoms with van der Waals surface area (Å²) in [7, 11) is 1.99. The second-order valence-corrected chi connectivity index (χ2v) is 11.0. The third kappa shape index (κ3) is 3.16. The topological polar surface area (TPSA) is 49.4 Å². The highest BCUT2D eigenvalue weighted by atomic mass is 16.2. The minimum absolute atomic E-state index is 0.0504. The molecular weight excluding hydrogens is 384 g/mol. The summed E-state index contributed by atoms with van der Waals surface area (Å²) in [5, 5.41) is 3.24. The fraction of sp³-hybridized carbons (Fsp3) is 0.630. The van der Waals surface area contributed by atoms with E-state index in [1.807, 2.05) is 48.4 Å². The quantitative estimate of drug-likeness (QED) is 0.772. The number of amides is 2. The molecule has 3 aliphatic carbocycles. The molecule has 0 bridgehead atoms. The number of hydrogen-bond donors (Lipinski definition) is 1. The zero-order valence-electron chi connectivity index (χ0n) is 19.1. The van der Waals surface area contributed by atoms with Crippen molar-refractivity contribution in [2.24, 2.45) is 34.5 Å². The highest BCUT2D eigenvalue weighted by molar-refractivity contribution is 5.94. The first-order valence-electron chi connectivity index (χ1n) is 12.1. The van der Waals surface area contributed by atoms with Crippen molar-refractivity contribution >= 4 is 11.8 Å². The van der Waals surface area contributed by atoms with Crippen molar-refractivity contribution in [1.82, 2.24) is 10.2 Å². The van der Waals surface area contributed by atoms with Gasteiger partial charge in [-0.25, -0.2) is 0 Å². The first kappa shape index (κ1) is 20.8. The van der Waals surface area contributed by atoms with Gasteiger partial charge in [-0.15, -0.1) is 0 Å². The molecule has 166 valence electrons. The zero-order chi connectivity index (χ0) is 21.8. The maximum absolute atomic E-state index is 12.6. The zero-order valence-corrected chi connectivity index (χ0v) is 19.1. The molecule has 1 N–H and O–H groups in total. The minimum atomic E-state index is 0.0504. The SMILES string of the molecule is CN1C(=O)C=C[C@@]2(C)C1CC[C@@H]1[C@H]2CC[C@]2(C)C(CNC(=O)c3ccccc3)CC[C@@H]12. The molecule has 7 atom stereocenters. The van der Waals surface area contributed by atoms with E-state index in [9.17, 15) is 9.59 Å². The van der Waals surface area contributed by atoms with Crippen molar-refractivity contribution in [3.63, 3.8) is 0 Å². The van der Waals surface area contributed by atoms with Crippen LogP contribution in [-0.4, -0.2) is 36.3 Å². The Labute approximate surface area is 186 Å². The van der Waals surface area contributed by atoms with Crippen LogP contribution in [0.4, 0.5) is 0 Å². The fourth-order valence-corrected chi connectivity index (χ4v) is 8.09. The Morgan fingerprint density at radius 1 is 1.06 bits per heavy atom. The molecule has 5 rings (SSSR count). The lowest BCUT2D eigenvalue weighted by Crippen LogP contribution is -2.59. The monoisotopic (exact) mass is 420 g/mol. The molecule has 2 amide bonds. The molecule has 0 spiro atoms. The summed E-state index contributed by atoms with van der Waals surface area (Å²) in [6.45, 7) is 5.69. The number of rotatable bonds is 3. The maximum Gasteiger partial charge on any atom is 0.251 e. The van der Waals surface area contributed by atoms with Crippen LogP contribution in [-0.2, 0) is 4.79 Å². The van der Waals surface area contributed by atoms with Gasteiger partial charge in [0.25, 0.3) is 5.91 Å². The third-order valence-electron chi connectivity index (χ3n) is 9.87. The molecule has 1 heterocycles. The normalized spacial score (nSPS) is 41.3. The Bertz CT molecular complexity index is 896. The highest BCUT2D eigenvalue weighted by Crippen LogP contribution is 2.65. The van der Waals surface area contributed by atoms with Gasteiger partial charge in [-0.2, -0.15) is 0 Å². The molecule has 1 aromatic rings. The van der Waals surface area contributed by atoms with Crippen LogP contribution in [0.1, 0.15) is 62.7 Å². The summed E-state index contributed by atoms with van der Waals surface area (Å²) in [5.74, 6) is 2.91. The van der Waals surface area contributed by atoms with Gasteiger partial charge >= 0.3 is 0 Å². The Morgan fingerprint density at radius 3 is 2.61 bits per heavy atom. The van der Waals surface area contributed by atoms with Crippen LogP contribution < -0.4 is 5.32 Å². The van der Waals surface area contributed by atoms with Gasteiger partial charge in [0.2, 0.25) is 5.91 Å². The molecule has 1 aromatic carbocycles. The Balaban J connectivity index is 1.31. The van der Waals surface area contributed by atoms with E-state index in [4.69, 9.17) is 0 Å². The third-order valence-corrected chi connectivity index (χ3v) is 9.87. The van der Waals surface area contributed by atoms with Crippen molar-refractivity contribution in [2.75, 3.05) is 13.6 Å². The smallest absolute Gasteiger partial charge is 0.251 e. The number of likely N-dealkylation sites (N-methyl/N-ethyl adjacent to an activating group) is 1. The van der Waals surface area contributed by atoms with Crippen LogP contribution in [0.5, 0.6) is 0 Å². The maximum atomic E-state index is 12.6. The number of benzene rings is 1. The molecule has 2 unspecified atom stereocenters. The first-order chi connectivity index (χ1) is 14.8. The summed E-state index contributed by atoms with van der Waals surface area (Å²) in [6, 6.07) is 9.91. The summed E-state index contributed by atoms with van der Waals surface area (Å²) >= 11 is 0. The summed E-state index contributed by atoms with van der Waals surface area (Å²) in [6.07, 6.45) is 11.4. The van der Waals surface area contributed by atoms with Crippen molar-refractivity contribution < 1.29 is 9.59 Å². The second-order valence-electron chi connectivity index (χ2n) is 11.0. The summed E-state index contributed by atoms with van der Waals surface area (Å²) in [4.78, 5) is 26.9. The molecule has 0 saturated heterocycles. The Hall–Kier alpha value is -2.10. The molecule has 31 heavy (non-hydrogen) atoms. The van der Waals surface area contributed by atoms with E-state index in [0.717, 1.165) is 30.4 Å². The molecule has 4 aliphatic rings. The van der Waals surface area contributed by atoms with E-state index in [2.05, 4.69) is 25.2 Å². The average Bonchev–Trinajstić information content (AvgIpc) is 3.12. The van der Waals surface area contributed by atoms with Crippen LogP contribution in [0.3, 0.4) is 0 Å². The lowest BCUT2D eigenvalue weighted by molar-refractivity contribution is -0.138.